The van der Waals surface area contributed by atoms with Crippen LogP contribution in [0.5, 0.6) is 0 Å². The van der Waals surface area contributed by atoms with Gasteiger partial charge in [0.1, 0.15) is 23.6 Å². The first-order valence-electron chi connectivity index (χ1n) is 12.2. The number of imidazole rings is 1. The molecule has 3 unspecified atom stereocenters. The third kappa shape index (κ3) is 4.75. The van der Waals surface area contributed by atoms with Crippen LogP contribution in [0.15, 0.2) is 36.0 Å². The maximum Gasteiger partial charge on any atom is 0.325 e. The molecule has 2 aliphatic heterocycles. The molecule has 0 saturated carbocycles. The largest absolute Gasteiger partial charge is 0.382 e. The van der Waals surface area contributed by atoms with Gasteiger partial charge in [-0.3, -0.25) is 9.36 Å². The molecule has 8 atom stereocenters. The normalized spacial score (nSPS) is 32.8. The molecular weight excluding hydrogens is 554 g/mol. The van der Waals surface area contributed by atoms with Crippen molar-refractivity contribution >= 4 is 46.5 Å². The molecule has 2 fully saturated rings. The van der Waals surface area contributed by atoms with Crippen molar-refractivity contribution in [2.45, 2.75) is 50.6 Å². The number of nitrogens with one attached hydrogen (secondary N) is 1. The monoisotopic (exact) mass is 580 g/mol. The first-order chi connectivity index (χ1) is 18.6. The number of aromatic nitrogens is 7. The second-order valence-electron chi connectivity index (χ2n) is 9.85. The minimum absolute atomic E-state index is 0.146. The highest BCUT2D eigenvalue weighted by atomic mass is 32.5. The summed E-state index contributed by atoms with van der Waals surface area (Å²) in [7, 11) is 0. The second-order valence-corrected chi connectivity index (χ2v) is 12.6. The Kier molecular flexibility index (Phi) is 6.74. The molecule has 39 heavy (non-hydrogen) atoms. The molecule has 6 heterocycles. The number of nitrogen functional groups attached to an aromatic ring is 1. The highest BCUT2D eigenvalue weighted by Crippen LogP contribution is 2.51. The minimum atomic E-state index is -3.89. The van der Waals surface area contributed by atoms with Crippen molar-refractivity contribution < 1.29 is 28.2 Å². The zero-order chi connectivity index (χ0) is 27.5. The molecule has 2 saturated heterocycles. The number of hydrogen-bond acceptors (Lipinski definition) is 11. The number of H-pyrrole nitrogens is 1. The van der Waals surface area contributed by atoms with Gasteiger partial charge in [0.05, 0.1) is 30.8 Å². The van der Waals surface area contributed by atoms with E-state index >= 15 is 4.39 Å². The maximum absolute atomic E-state index is 16.0. The first-order valence-corrected chi connectivity index (χ1v) is 14.8. The summed E-state index contributed by atoms with van der Waals surface area (Å²) in [5.74, 6) is -0.674. The number of hydrogen-bond donors (Lipinski definition) is 4. The summed E-state index contributed by atoms with van der Waals surface area (Å²) in [6, 6.07) is 1.55. The van der Waals surface area contributed by atoms with E-state index in [1.54, 1.807) is 12.3 Å². The molecule has 4 aromatic rings. The molecule has 5 N–H and O–H groups in total. The Morgan fingerprint density at radius 3 is 2.92 bits per heavy atom. The highest BCUT2D eigenvalue weighted by Gasteiger charge is 2.48. The van der Waals surface area contributed by atoms with Gasteiger partial charge in [-0.1, -0.05) is 6.92 Å². The number of nitrogens with zero attached hydrogens (tertiary/aromatic N) is 6. The number of aliphatic hydroxyl groups is 1. The van der Waals surface area contributed by atoms with Crippen LogP contribution in [0.1, 0.15) is 32.2 Å². The van der Waals surface area contributed by atoms with Crippen molar-refractivity contribution in [3.63, 3.8) is 0 Å². The molecule has 208 valence electrons. The first kappa shape index (κ1) is 26.4. The van der Waals surface area contributed by atoms with Crippen LogP contribution in [0.25, 0.3) is 22.2 Å². The lowest BCUT2D eigenvalue weighted by Crippen LogP contribution is -2.33. The molecule has 0 aromatic carbocycles. The summed E-state index contributed by atoms with van der Waals surface area (Å²) >= 11 is 5.24. The van der Waals surface area contributed by atoms with Gasteiger partial charge >= 0.3 is 6.72 Å². The molecule has 17 heteroatoms. The Hall–Kier alpha value is -2.85. The third-order valence-electron chi connectivity index (χ3n) is 7.25. The maximum atomic E-state index is 16.0. The predicted octanol–water partition coefficient (Wildman–Crippen LogP) is 1.54. The van der Waals surface area contributed by atoms with Gasteiger partial charge in [-0.25, -0.2) is 24.3 Å². The van der Waals surface area contributed by atoms with E-state index in [9.17, 15) is 14.8 Å². The van der Waals surface area contributed by atoms with Gasteiger partial charge < -0.3 is 39.1 Å². The highest BCUT2D eigenvalue weighted by molar-refractivity contribution is 8.07. The third-order valence-corrected chi connectivity index (χ3v) is 8.83. The van der Waals surface area contributed by atoms with Crippen molar-refractivity contribution in [3.05, 3.63) is 41.6 Å². The summed E-state index contributed by atoms with van der Waals surface area (Å²) in [4.78, 5) is 41.9. The molecular formula is C22H26FN8O6PS. The Morgan fingerprint density at radius 2 is 2.10 bits per heavy atom. The lowest BCUT2D eigenvalue weighted by Gasteiger charge is -2.33. The van der Waals surface area contributed by atoms with Gasteiger partial charge in [0.15, 0.2) is 30.1 Å². The van der Waals surface area contributed by atoms with Crippen LogP contribution in [0, 0.1) is 11.8 Å². The fraction of sp³-hybridized carbons (Fsp3) is 0.500. The van der Waals surface area contributed by atoms with E-state index in [1.165, 1.54) is 28.1 Å². The van der Waals surface area contributed by atoms with Gasteiger partial charge in [0, 0.05) is 12.1 Å². The Morgan fingerprint density at radius 1 is 1.28 bits per heavy atom. The number of nitrogens with two attached hydrogens (primary N) is 1. The average molecular weight is 581 g/mol. The molecule has 0 spiro atoms. The van der Waals surface area contributed by atoms with Gasteiger partial charge in [-0.2, -0.15) is 0 Å². The van der Waals surface area contributed by atoms with Crippen molar-refractivity contribution in [3.8, 4) is 0 Å². The smallest absolute Gasteiger partial charge is 0.325 e. The number of halogens is 1. The van der Waals surface area contributed by atoms with Crippen LogP contribution in [0.4, 0.5) is 10.2 Å². The van der Waals surface area contributed by atoms with Gasteiger partial charge in [0.25, 0.3) is 5.56 Å². The van der Waals surface area contributed by atoms with Crippen LogP contribution in [0.3, 0.4) is 0 Å². The van der Waals surface area contributed by atoms with E-state index in [0.717, 1.165) is 0 Å². The molecule has 14 nitrogen and oxygen atoms in total. The lowest BCUT2D eigenvalue weighted by atomic mass is 9.86. The molecule has 6 rings (SSSR count). The fourth-order valence-corrected chi connectivity index (χ4v) is 6.86. The average Bonchev–Trinajstić information content (AvgIpc) is 3.59. The van der Waals surface area contributed by atoms with Crippen molar-refractivity contribution in [1.29, 1.82) is 0 Å². The van der Waals surface area contributed by atoms with Crippen LogP contribution < -0.4 is 11.3 Å². The molecule has 0 aliphatic carbocycles. The minimum Gasteiger partial charge on any atom is -0.382 e. The van der Waals surface area contributed by atoms with Crippen LogP contribution in [-0.2, 0) is 25.6 Å². The van der Waals surface area contributed by atoms with Crippen LogP contribution in [-0.4, -0.2) is 69.0 Å². The number of aromatic amines is 1. The van der Waals surface area contributed by atoms with E-state index in [0.29, 0.717) is 23.0 Å². The molecule has 2 aliphatic rings. The molecule has 4 aromatic heterocycles. The summed E-state index contributed by atoms with van der Waals surface area (Å²) in [6.45, 7) is -2.23. The van der Waals surface area contributed by atoms with E-state index in [1.807, 2.05) is 6.92 Å². The van der Waals surface area contributed by atoms with Crippen LogP contribution >= 0.6 is 6.72 Å². The van der Waals surface area contributed by atoms with Crippen LogP contribution in [0.2, 0.25) is 0 Å². The van der Waals surface area contributed by atoms with E-state index < -0.39 is 43.5 Å². The number of fused-ring (bicyclic) bond motifs is 3. The number of rotatable bonds is 3. The topological polar surface area (TPSA) is 188 Å². The van der Waals surface area contributed by atoms with Gasteiger partial charge in [-0.05, 0) is 36.6 Å². The zero-order valence-corrected chi connectivity index (χ0v) is 22.3. The fourth-order valence-electron chi connectivity index (χ4n) is 5.41. The van der Waals surface area contributed by atoms with Crippen molar-refractivity contribution in [2.24, 2.45) is 11.8 Å². The number of aliphatic hydroxyl groups excluding tert-OH is 1. The molecule has 0 bridgehead atoms. The van der Waals surface area contributed by atoms with E-state index in [4.69, 9.17) is 31.3 Å². The summed E-state index contributed by atoms with van der Waals surface area (Å²) in [5, 5.41) is 11.6. The molecule has 0 radical (unpaired) electrons. The summed E-state index contributed by atoms with van der Waals surface area (Å²) < 4.78 is 36.3. The zero-order valence-electron chi connectivity index (χ0n) is 20.6. The second kappa shape index (κ2) is 9.96. The van der Waals surface area contributed by atoms with Gasteiger partial charge in [-0.15, -0.1) is 0 Å². The Labute approximate surface area is 225 Å². The van der Waals surface area contributed by atoms with Crippen molar-refractivity contribution in [2.75, 3.05) is 12.3 Å². The van der Waals surface area contributed by atoms with Crippen molar-refractivity contribution in [1.82, 2.24) is 34.1 Å². The summed E-state index contributed by atoms with van der Waals surface area (Å²) in [6.07, 6.45) is 0.293. The predicted molar refractivity (Wildman–Crippen MR) is 139 cm³/mol. The standard InChI is InChI=1S/C22H26FN8O6PS/c1-10-4-12-14(36-22(15(12)23)30-3-2-11-18(30)26-8-28-20(11)32)6-35-38(34,39)37-13(5-10)21(33)31-9-29-16-17(24)25-7-27-19(16)31/h2-3,7-10,12-15,21-22,33H,4-6H2,1H3,(H,34,39)(H2,24,25,27)(H,26,28,32)/t10?,12?,13-,14-,15+,21-,22-,38?/m1/s1. The lowest BCUT2D eigenvalue weighted by molar-refractivity contribution is -0.0561. The van der Waals surface area contributed by atoms with E-state index in [-0.39, 0.29) is 36.0 Å². The van der Waals surface area contributed by atoms with Gasteiger partial charge in [0.2, 0.25) is 0 Å². The quantitative estimate of drug-likeness (QED) is 0.256. The van der Waals surface area contributed by atoms with E-state index in [2.05, 4.69) is 24.9 Å². The Bertz CT molecular complexity index is 1630. The SMILES string of the molecule is CC1CC2[C@@H](COP(O)(=S)O[C@@H]([C@@H](O)n3cnc4c(N)ncnc43)C1)O[C@@H](n1ccc3c(=O)[nH]cnc31)[C@H]2F. The Balaban J connectivity index is 1.28. The number of anilines is 1. The number of alkyl halides is 1. The molecule has 0 amide bonds. The number of ether oxygens (including phenoxy) is 1. The summed E-state index contributed by atoms with van der Waals surface area (Å²) in [5.41, 5.74) is 6.39.